The van der Waals surface area contributed by atoms with Gasteiger partial charge in [0.05, 0.1) is 16.1 Å². The zero-order chi connectivity index (χ0) is 11.4. The average Bonchev–Trinajstić information content (AvgIpc) is 2.69. The van der Waals surface area contributed by atoms with E-state index in [1.165, 1.54) is 4.88 Å². The number of hydrogen-bond acceptors (Lipinski definition) is 4. The molecular weight excluding hydrogens is 236 g/mol. The lowest BCUT2D eigenvalue weighted by Gasteiger charge is -1.90. The second kappa shape index (κ2) is 5.27. The molecule has 2 nitrogen and oxygen atoms in total. The lowest BCUT2D eigenvalue weighted by atomic mass is 10.3. The van der Waals surface area contributed by atoms with Crippen molar-refractivity contribution in [3.8, 4) is 0 Å². The van der Waals surface area contributed by atoms with Gasteiger partial charge in [-0.2, -0.15) is 0 Å². The van der Waals surface area contributed by atoms with Crippen molar-refractivity contribution in [3.05, 3.63) is 41.0 Å². The minimum absolute atomic E-state index is 0.861. The fraction of sp³-hybridized carbons (Fsp3) is 0.167. The molecule has 0 spiro atoms. The molecule has 0 radical (unpaired) electrons. The molecule has 0 aliphatic carbocycles. The molecule has 0 atom stereocenters. The Morgan fingerprint density at radius 3 is 3.06 bits per heavy atom. The van der Waals surface area contributed by atoms with Crippen molar-refractivity contribution in [2.24, 2.45) is 4.99 Å². The Morgan fingerprint density at radius 2 is 2.44 bits per heavy atom. The van der Waals surface area contributed by atoms with Gasteiger partial charge in [-0.1, -0.05) is 6.92 Å². The number of rotatable bonds is 3. The van der Waals surface area contributed by atoms with Gasteiger partial charge in [0.25, 0.3) is 0 Å². The van der Waals surface area contributed by atoms with E-state index in [1.807, 2.05) is 18.3 Å². The van der Waals surface area contributed by atoms with Crippen LogP contribution in [-0.4, -0.2) is 11.2 Å². The lowest BCUT2D eigenvalue weighted by molar-refractivity contribution is 1.19. The van der Waals surface area contributed by atoms with Gasteiger partial charge in [0, 0.05) is 22.9 Å². The van der Waals surface area contributed by atoms with E-state index in [9.17, 15) is 0 Å². The third-order valence-electron chi connectivity index (χ3n) is 2.14. The first kappa shape index (κ1) is 11.4. The van der Waals surface area contributed by atoms with Crippen LogP contribution in [0.25, 0.3) is 0 Å². The lowest BCUT2D eigenvalue weighted by Crippen LogP contribution is -1.77. The summed E-state index contributed by atoms with van der Waals surface area (Å²) in [6.45, 7) is 2.14. The SMILES string of the molecule is CCc1cc(C=Nc2cccnc2)c(S)s1. The highest BCUT2D eigenvalue weighted by molar-refractivity contribution is 7.83. The fourth-order valence-electron chi connectivity index (χ4n) is 1.29. The maximum absolute atomic E-state index is 4.43. The fourth-order valence-corrected chi connectivity index (χ4v) is 2.57. The van der Waals surface area contributed by atoms with Crippen molar-refractivity contribution >= 4 is 35.9 Å². The molecule has 2 heterocycles. The van der Waals surface area contributed by atoms with Gasteiger partial charge in [0.2, 0.25) is 0 Å². The van der Waals surface area contributed by atoms with E-state index in [4.69, 9.17) is 0 Å². The molecule has 2 rings (SSSR count). The molecule has 2 aromatic heterocycles. The maximum atomic E-state index is 4.43. The van der Waals surface area contributed by atoms with Gasteiger partial charge in [0.15, 0.2) is 0 Å². The molecule has 0 amide bonds. The van der Waals surface area contributed by atoms with Crippen LogP contribution in [0.3, 0.4) is 0 Å². The van der Waals surface area contributed by atoms with Crippen LogP contribution in [0.15, 0.2) is 39.8 Å². The average molecular weight is 248 g/mol. The summed E-state index contributed by atoms with van der Waals surface area (Å²) in [5.74, 6) is 0. The second-order valence-electron chi connectivity index (χ2n) is 3.30. The van der Waals surface area contributed by atoms with E-state index in [2.05, 4.69) is 35.6 Å². The summed E-state index contributed by atoms with van der Waals surface area (Å²) in [4.78, 5) is 9.70. The smallest absolute Gasteiger partial charge is 0.0813 e. The summed E-state index contributed by atoms with van der Waals surface area (Å²) in [6, 6.07) is 5.93. The van der Waals surface area contributed by atoms with Crippen LogP contribution in [0, 0.1) is 0 Å². The van der Waals surface area contributed by atoms with Crippen LogP contribution in [-0.2, 0) is 6.42 Å². The molecule has 2 aromatic rings. The molecular formula is C12H12N2S2. The molecule has 0 aliphatic heterocycles. The third kappa shape index (κ3) is 2.71. The molecule has 16 heavy (non-hydrogen) atoms. The van der Waals surface area contributed by atoms with Gasteiger partial charge in [-0.15, -0.1) is 24.0 Å². The minimum atomic E-state index is 0.861. The van der Waals surface area contributed by atoms with E-state index >= 15 is 0 Å². The van der Waals surface area contributed by atoms with Crippen LogP contribution >= 0.6 is 24.0 Å². The summed E-state index contributed by atoms with van der Waals surface area (Å²) >= 11 is 6.14. The molecule has 0 bridgehead atoms. The Bertz CT molecular complexity index is 489. The highest BCUT2D eigenvalue weighted by Crippen LogP contribution is 2.25. The van der Waals surface area contributed by atoms with Crippen LogP contribution in [0.2, 0.25) is 0 Å². The molecule has 0 saturated heterocycles. The Morgan fingerprint density at radius 1 is 1.56 bits per heavy atom. The molecule has 0 aliphatic rings. The number of aliphatic imine (C=N–C) groups is 1. The number of thiol groups is 1. The molecule has 4 heteroatoms. The summed E-state index contributed by atoms with van der Waals surface area (Å²) < 4.78 is 1.02. The molecule has 0 fully saturated rings. The Hall–Kier alpha value is -1.13. The van der Waals surface area contributed by atoms with E-state index in [1.54, 1.807) is 23.7 Å². The first-order valence-corrected chi connectivity index (χ1v) is 6.31. The summed E-state index contributed by atoms with van der Waals surface area (Å²) in [5.41, 5.74) is 1.94. The normalized spacial score (nSPS) is 11.1. The van der Waals surface area contributed by atoms with Gasteiger partial charge in [-0.05, 0) is 24.6 Å². The molecule has 0 saturated carbocycles. The third-order valence-corrected chi connectivity index (χ3v) is 3.77. The van der Waals surface area contributed by atoms with Gasteiger partial charge in [-0.25, -0.2) is 0 Å². The van der Waals surface area contributed by atoms with E-state index in [0.29, 0.717) is 0 Å². The number of aromatic nitrogens is 1. The second-order valence-corrected chi connectivity index (χ2v) is 5.18. The van der Waals surface area contributed by atoms with Crippen molar-refractivity contribution < 1.29 is 0 Å². The van der Waals surface area contributed by atoms with E-state index in [0.717, 1.165) is 21.9 Å². The van der Waals surface area contributed by atoms with E-state index in [-0.39, 0.29) is 0 Å². The van der Waals surface area contributed by atoms with Crippen molar-refractivity contribution in [1.82, 2.24) is 4.98 Å². The van der Waals surface area contributed by atoms with Crippen molar-refractivity contribution in [2.75, 3.05) is 0 Å². The largest absolute Gasteiger partial charge is 0.262 e. The molecule has 0 unspecified atom stereocenters. The predicted octanol–water partition coefficient (Wildman–Crippen LogP) is 3.74. The predicted molar refractivity (Wildman–Crippen MR) is 72.4 cm³/mol. The van der Waals surface area contributed by atoms with Crippen molar-refractivity contribution in [3.63, 3.8) is 0 Å². The van der Waals surface area contributed by atoms with Gasteiger partial charge in [-0.3, -0.25) is 9.98 Å². The highest BCUT2D eigenvalue weighted by Gasteiger charge is 2.02. The Kier molecular flexibility index (Phi) is 3.74. The van der Waals surface area contributed by atoms with Crippen molar-refractivity contribution in [1.29, 1.82) is 0 Å². The van der Waals surface area contributed by atoms with Crippen LogP contribution in [0.5, 0.6) is 0 Å². The molecule has 0 N–H and O–H groups in total. The number of hydrogen-bond donors (Lipinski definition) is 1. The Balaban J connectivity index is 2.20. The molecule has 0 aromatic carbocycles. The van der Waals surface area contributed by atoms with Gasteiger partial charge >= 0.3 is 0 Å². The summed E-state index contributed by atoms with van der Waals surface area (Å²) in [7, 11) is 0. The summed E-state index contributed by atoms with van der Waals surface area (Å²) in [5, 5.41) is 0. The van der Waals surface area contributed by atoms with Crippen LogP contribution in [0.4, 0.5) is 5.69 Å². The maximum Gasteiger partial charge on any atom is 0.0813 e. The standard InChI is InChI=1S/C12H12N2S2/c1-2-11-6-9(12(15)16-11)7-14-10-4-3-5-13-8-10/h3-8,15H,2H2,1H3. The first-order chi connectivity index (χ1) is 7.79. The van der Waals surface area contributed by atoms with Gasteiger partial charge < -0.3 is 0 Å². The number of aryl methyl sites for hydroxylation is 1. The topological polar surface area (TPSA) is 25.2 Å². The van der Waals surface area contributed by atoms with E-state index < -0.39 is 0 Å². The zero-order valence-corrected chi connectivity index (χ0v) is 10.6. The number of pyridine rings is 1. The Labute approximate surface area is 104 Å². The summed E-state index contributed by atoms with van der Waals surface area (Å²) in [6.07, 6.45) is 6.36. The van der Waals surface area contributed by atoms with Gasteiger partial charge in [0.1, 0.15) is 0 Å². The quantitative estimate of drug-likeness (QED) is 0.649. The zero-order valence-electron chi connectivity index (χ0n) is 8.92. The number of thiophene rings is 1. The van der Waals surface area contributed by atoms with Crippen LogP contribution < -0.4 is 0 Å². The molecule has 82 valence electrons. The first-order valence-electron chi connectivity index (χ1n) is 5.05. The number of nitrogens with zero attached hydrogens (tertiary/aromatic N) is 2. The monoisotopic (exact) mass is 248 g/mol. The highest BCUT2D eigenvalue weighted by atomic mass is 32.2. The van der Waals surface area contributed by atoms with Crippen LogP contribution in [0.1, 0.15) is 17.4 Å². The minimum Gasteiger partial charge on any atom is -0.262 e. The van der Waals surface area contributed by atoms with Crippen molar-refractivity contribution in [2.45, 2.75) is 17.6 Å².